The van der Waals surface area contributed by atoms with Crippen molar-refractivity contribution in [3.8, 4) is 5.75 Å². The van der Waals surface area contributed by atoms with Gasteiger partial charge in [-0.2, -0.15) is 4.31 Å². The van der Waals surface area contributed by atoms with Crippen LogP contribution in [0.1, 0.15) is 30.4 Å². The first kappa shape index (κ1) is 23.8. The van der Waals surface area contributed by atoms with E-state index >= 15 is 0 Å². The van der Waals surface area contributed by atoms with Gasteiger partial charge in [0.25, 0.3) is 0 Å². The van der Waals surface area contributed by atoms with Crippen LogP contribution in [0.15, 0.2) is 53.0 Å². The number of hydrogen-bond donors (Lipinski definition) is 0. The van der Waals surface area contributed by atoms with Gasteiger partial charge < -0.3 is 9.47 Å². The molecule has 2 aromatic carbocycles. The number of halogens is 1. The predicted molar refractivity (Wildman–Crippen MR) is 123 cm³/mol. The molecule has 0 N–H and O–H groups in total. The van der Waals surface area contributed by atoms with Gasteiger partial charge in [-0.25, -0.2) is 8.42 Å². The Labute approximate surface area is 192 Å². The van der Waals surface area contributed by atoms with E-state index in [0.717, 1.165) is 15.6 Å². The Bertz CT molecular complexity index is 1020. The number of sulfonamides is 1. The molecule has 3 rings (SSSR count). The number of hydrogen-bond acceptors (Lipinski definition) is 5. The minimum Gasteiger partial charge on any atom is -0.497 e. The summed E-state index contributed by atoms with van der Waals surface area (Å²) in [6.07, 6.45) is 3.34. The van der Waals surface area contributed by atoms with E-state index in [2.05, 4.69) is 15.9 Å². The maximum Gasteiger partial charge on any atom is 0.312 e. The van der Waals surface area contributed by atoms with Crippen molar-refractivity contribution in [2.45, 2.75) is 38.3 Å². The van der Waals surface area contributed by atoms with Crippen molar-refractivity contribution in [3.63, 3.8) is 0 Å². The van der Waals surface area contributed by atoms with Crippen LogP contribution in [0.25, 0.3) is 0 Å². The number of carbonyl (C=O) groups is 1. The highest BCUT2D eigenvalue weighted by Crippen LogP contribution is 2.45. The number of esters is 1. The van der Waals surface area contributed by atoms with Crippen LogP contribution in [0.3, 0.4) is 0 Å². The molecule has 2 atom stereocenters. The third-order valence-corrected chi connectivity index (χ3v) is 7.74. The summed E-state index contributed by atoms with van der Waals surface area (Å²) in [6, 6.07) is 14.9. The average Bonchev–Trinajstić information content (AvgIpc) is 3.15. The Kier molecular flexibility index (Phi) is 7.44. The maximum atomic E-state index is 12.9. The van der Waals surface area contributed by atoms with Crippen LogP contribution in [0.5, 0.6) is 5.75 Å². The summed E-state index contributed by atoms with van der Waals surface area (Å²) in [4.78, 5) is 12.9. The fourth-order valence-corrected chi connectivity index (χ4v) is 6.00. The van der Waals surface area contributed by atoms with Crippen LogP contribution in [-0.4, -0.2) is 45.2 Å². The highest BCUT2D eigenvalue weighted by Gasteiger charge is 2.49. The van der Waals surface area contributed by atoms with Gasteiger partial charge in [-0.05, 0) is 61.1 Å². The molecular weight excluding hydrogens is 482 g/mol. The molecule has 0 heterocycles. The van der Waals surface area contributed by atoms with Crippen molar-refractivity contribution in [1.82, 2.24) is 4.31 Å². The molecular formula is C23H28BrNO5S. The highest BCUT2D eigenvalue weighted by atomic mass is 79.9. The number of carbonyl (C=O) groups excluding carboxylic acids is 1. The number of methoxy groups -OCH3 is 2. The first-order valence-electron chi connectivity index (χ1n) is 10.1. The Morgan fingerprint density at radius 1 is 1.16 bits per heavy atom. The van der Waals surface area contributed by atoms with Crippen LogP contribution in [0.2, 0.25) is 0 Å². The molecule has 1 saturated carbocycles. The molecule has 0 aliphatic heterocycles. The monoisotopic (exact) mass is 509 g/mol. The fraction of sp³-hybridized carbons (Fsp3) is 0.435. The molecule has 0 unspecified atom stereocenters. The minimum absolute atomic E-state index is 0.252. The SMILES string of the molecule is COC(=O)[C@@]1(Cc2cccc(Br)c2)CC[C@H](N(Cc2ccc(OC)cc2)S(C)(=O)=O)C1. The van der Waals surface area contributed by atoms with Gasteiger partial charge in [-0.3, -0.25) is 4.79 Å². The average molecular weight is 510 g/mol. The molecule has 168 valence electrons. The van der Waals surface area contributed by atoms with Gasteiger partial charge in [0, 0.05) is 17.1 Å². The molecule has 0 amide bonds. The number of nitrogens with zero attached hydrogens (tertiary/aromatic N) is 1. The zero-order valence-corrected chi connectivity index (χ0v) is 20.4. The molecule has 6 nitrogen and oxygen atoms in total. The molecule has 0 aromatic heterocycles. The van der Waals surface area contributed by atoms with Crippen LogP contribution in [0.4, 0.5) is 0 Å². The summed E-state index contributed by atoms with van der Waals surface area (Å²) in [7, 11) is -0.498. The Hall–Kier alpha value is -1.90. The van der Waals surface area contributed by atoms with Crippen LogP contribution in [-0.2, 0) is 32.5 Å². The number of benzene rings is 2. The van der Waals surface area contributed by atoms with Gasteiger partial charge in [0.1, 0.15) is 5.75 Å². The van der Waals surface area contributed by atoms with E-state index < -0.39 is 15.4 Å². The number of ether oxygens (including phenoxy) is 2. The van der Waals surface area contributed by atoms with Gasteiger partial charge in [-0.15, -0.1) is 0 Å². The van der Waals surface area contributed by atoms with E-state index in [4.69, 9.17) is 9.47 Å². The first-order chi connectivity index (χ1) is 14.7. The van der Waals surface area contributed by atoms with Crippen LogP contribution < -0.4 is 4.74 Å². The zero-order chi connectivity index (χ0) is 22.6. The molecule has 31 heavy (non-hydrogen) atoms. The van der Waals surface area contributed by atoms with Crippen molar-refractivity contribution < 1.29 is 22.7 Å². The van der Waals surface area contributed by atoms with Crippen molar-refractivity contribution in [1.29, 1.82) is 0 Å². The lowest BCUT2D eigenvalue weighted by molar-refractivity contribution is -0.152. The van der Waals surface area contributed by atoms with E-state index in [0.29, 0.717) is 31.4 Å². The van der Waals surface area contributed by atoms with Gasteiger partial charge >= 0.3 is 5.97 Å². The molecule has 0 saturated heterocycles. The summed E-state index contributed by atoms with van der Waals surface area (Å²) in [5.41, 5.74) is 1.14. The van der Waals surface area contributed by atoms with Crippen molar-refractivity contribution in [2.75, 3.05) is 20.5 Å². The Morgan fingerprint density at radius 3 is 2.45 bits per heavy atom. The lowest BCUT2D eigenvalue weighted by Gasteiger charge is -2.30. The second-order valence-corrected chi connectivity index (χ2v) is 11.0. The zero-order valence-electron chi connectivity index (χ0n) is 18.0. The molecule has 1 aliphatic rings. The second-order valence-electron chi connectivity index (χ2n) is 8.13. The van der Waals surface area contributed by atoms with Crippen molar-refractivity contribution >= 4 is 31.9 Å². The molecule has 8 heteroatoms. The smallest absolute Gasteiger partial charge is 0.312 e. The largest absolute Gasteiger partial charge is 0.497 e. The number of rotatable bonds is 8. The van der Waals surface area contributed by atoms with E-state index in [1.54, 1.807) is 7.11 Å². The molecule has 0 spiro atoms. The fourth-order valence-electron chi connectivity index (χ4n) is 4.44. The van der Waals surface area contributed by atoms with Gasteiger partial charge in [0.2, 0.25) is 10.0 Å². The quantitative estimate of drug-likeness (QED) is 0.499. The summed E-state index contributed by atoms with van der Waals surface area (Å²) in [6.45, 7) is 0.252. The van der Waals surface area contributed by atoms with Crippen molar-refractivity contribution in [2.24, 2.45) is 5.41 Å². The molecule has 1 fully saturated rings. The minimum atomic E-state index is -3.48. The van der Waals surface area contributed by atoms with E-state index in [1.807, 2.05) is 48.5 Å². The lowest BCUT2D eigenvalue weighted by atomic mass is 9.80. The topological polar surface area (TPSA) is 72.9 Å². The highest BCUT2D eigenvalue weighted by molar-refractivity contribution is 9.10. The summed E-state index contributed by atoms with van der Waals surface area (Å²) >= 11 is 3.48. The predicted octanol–water partition coefficient (Wildman–Crippen LogP) is 4.17. The molecule has 0 bridgehead atoms. The van der Waals surface area contributed by atoms with Crippen LogP contribution >= 0.6 is 15.9 Å². The van der Waals surface area contributed by atoms with Crippen LogP contribution in [0, 0.1) is 5.41 Å². The molecule has 2 aromatic rings. The summed E-state index contributed by atoms with van der Waals surface area (Å²) < 4.78 is 38.2. The van der Waals surface area contributed by atoms with E-state index in [9.17, 15) is 13.2 Å². The summed E-state index contributed by atoms with van der Waals surface area (Å²) in [5.74, 6) is 0.433. The van der Waals surface area contributed by atoms with Gasteiger partial charge in [0.15, 0.2) is 0 Å². The molecule has 1 aliphatic carbocycles. The standard InChI is InChI=1S/C23H28BrNO5S/c1-29-21-9-7-17(8-10-21)16-25(31(3,27)28)20-11-12-23(15-20,22(26)30-2)14-18-5-4-6-19(24)13-18/h4-10,13,20H,11-12,14-16H2,1-3H3/t20-,23+/m0/s1. The first-order valence-corrected chi connectivity index (χ1v) is 12.7. The Morgan fingerprint density at radius 2 is 1.87 bits per heavy atom. The third-order valence-electron chi connectivity index (χ3n) is 5.96. The van der Waals surface area contributed by atoms with E-state index in [1.165, 1.54) is 17.7 Å². The second kappa shape index (κ2) is 9.71. The molecule has 0 radical (unpaired) electrons. The van der Waals surface area contributed by atoms with Crippen molar-refractivity contribution in [3.05, 3.63) is 64.1 Å². The van der Waals surface area contributed by atoms with Gasteiger partial charge in [-0.1, -0.05) is 40.2 Å². The normalized spacial score (nSPS) is 21.3. The third kappa shape index (κ3) is 5.67. The van der Waals surface area contributed by atoms with E-state index in [-0.39, 0.29) is 18.6 Å². The summed E-state index contributed by atoms with van der Waals surface area (Å²) in [5, 5.41) is 0. The van der Waals surface area contributed by atoms with Gasteiger partial charge in [0.05, 0.1) is 25.9 Å². The maximum absolute atomic E-state index is 12.9. The lowest BCUT2D eigenvalue weighted by Crippen LogP contribution is -2.40. The Balaban J connectivity index is 1.86.